The number of hydrogen-bond donors (Lipinski definition) is 1. The molecule has 2 aromatic carbocycles. The van der Waals surface area contributed by atoms with Crippen molar-refractivity contribution in [2.24, 2.45) is 0 Å². The fraction of sp³-hybridized carbons (Fsp3) is 0.231. The Morgan fingerprint density at radius 1 is 1.00 bits per heavy atom. The predicted octanol–water partition coefficient (Wildman–Crippen LogP) is 5.37. The van der Waals surface area contributed by atoms with E-state index in [0.717, 1.165) is 22.7 Å². The Morgan fingerprint density at radius 2 is 1.74 bits per heavy atom. The highest BCUT2D eigenvalue weighted by Gasteiger charge is 2.20. The lowest BCUT2D eigenvalue weighted by Gasteiger charge is -2.23. The number of amides is 1. The van der Waals surface area contributed by atoms with Crippen LogP contribution in [0.4, 0.5) is 5.69 Å². The van der Waals surface area contributed by atoms with Gasteiger partial charge in [-0.2, -0.15) is 0 Å². The van der Waals surface area contributed by atoms with Gasteiger partial charge < -0.3 is 10.1 Å². The normalized spacial score (nSPS) is 11.3. The molecule has 0 spiro atoms. The van der Waals surface area contributed by atoms with Gasteiger partial charge in [0.05, 0.1) is 18.6 Å². The number of benzene rings is 2. The van der Waals surface area contributed by atoms with E-state index in [1.165, 1.54) is 11.8 Å². The van der Waals surface area contributed by atoms with Gasteiger partial charge >= 0.3 is 0 Å². The van der Waals surface area contributed by atoms with E-state index >= 15 is 0 Å². The molecule has 0 fully saturated rings. The van der Waals surface area contributed by atoms with Crippen LogP contribution in [0.1, 0.15) is 26.3 Å². The molecule has 0 radical (unpaired) electrons. The van der Waals surface area contributed by atoms with Crippen LogP contribution in [-0.2, 0) is 10.2 Å². The zero-order valence-corrected chi connectivity index (χ0v) is 20.5. The molecular formula is C26H27N5O2S. The summed E-state index contributed by atoms with van der Waals surface area (Å²) >= 11 is 1.33. The average Bonchev–Trinajstić information content (AvgIpc) is 3.27. The summed E-state index contributed by atoms with van der Waals surface area (Å²) in [7, 11) is 1.63. The van der Waals surface area contributed by atoms with Crippen molar-refractivity contribution in [1.82, 2.24) is 19.7 Å². The highest BCUT2D eigenvalue weighted by Crippen LogP contribution is 2.31. The summed E-state index contributed by atoms with van der Waals surface area (Å²) in [6, 6.07) is 21.1. The Hall–Kier alpha value is -3.65. The summed E-state index contributed by atoms with van der Waals surface area (Å²) in [5.74, 6) is 1.44. The molecule has 0 unspecified atom stereocenters. The van der Waals surface area contributed by atoms with E-state index in [0.29, 0.717) is 16.7 Å². The number of anilines is 1. The van der Waals surface area contributed by atoms with Crippen molar-refractivity contribution in [1.29, 1.82) is 0 Å². The van der Waals surface area contributed by atoms with Gasteiger partial charge in [0.2, 0.25) is 5.91 Å². The maximum Gasteiger partial charge on any atom is 0.234 e. The largest absolute Gasteiger partial charge is 0.497 e. The summed E-state index contributed by atoms with van der Waals surface area (Å²) in [5, 5.41) is 12.4. The van der Waals surface area contributed by atoms with E-state index in [2.05, 4.69) is 41.3 Å². The van der Waals surface area contributed by atoms with Crippen molar-refractivity contribution in [2.75, 3.05) is 18.2 Å². The van der Waals surface area contributed by atoms with Crippen LogP contribution in [0, 0.1) is 0 Å². The molecule has 4 rings (SSSR count). The summed E-state index contributed by atoms with van der Waals surface area (Å²) < 4.78 is 7.20. The third-order valence-corrected chi connectivity index (χ3v) is 6.13. The number of aromatic nitrogens is 4. The first-order valence-electron chi connectivity index (χ1n) is 10.9. The lowest BCUT2D eigenvalue weighted by Crippen LogP contribution is -2.20. The van der Waals surface area contributed by atoms with Crippen LogP contribution in [0.15, 0.2) is 78.1 Å². The second-order valence-electron chi connectivity index (χ2n) is 8.69. The average molecular weight is 474 g/mol. The van der Waals surface area contributed by atoms with Crippen molar-refractivity contribution in [3.8, 4) is 23.0 Å². The molecule has 0 aliphatic heterocycles. The zero-order chi connectivity index (χ0) is 24.1. The van der Waals surface area contributed by atoms with E-state index in [4.69, 9.17) is 4.74 Å². The molecular weight excluding hydrogens is 446 g/mol. The third kappa shape index (κ3) is 5.28. The lowest BCUT2D eigenvalue weighted by atomic mass is 9.86. The van der Waals surface area contributed by atoms with Gasteiger partial charge in [0.1, 0.15) is 11.4 Å². The number of methoxy groups -OCH3 is 1. The van der Waals surface area contributed by atoms with Gasteiger partial charge in [-0.3, -0.25) is 14.3 Å². The second kappa shape index (κ2) is 10.1. The first kappa shape index (κ1) is 23.5. The molecule has 0 saturated heterocycles. The van der Waals surface area contributed by atoms with Gasteiger partial charge in [-0.1, -0.05) is 56.8 Å². The summed E-state index contributed by atoms with van der Waals surface area (Å²) in [5.41, 5.74) is 3.38. The molecule has 8 heteroatoms. The highest BCUT2D eigenvalue weighted by atomic mass is 32.2. The van der Waals surface area contributed by atoms with E-state index in [1.807, 2.05) is 71.3 Å². The van der Waals surface area contributed by atoms with Gasteiger partial charge in [0.25, 0.3) is 0 Å². The van der Waals surface area contributed by atoms with Crippen LogP contribution in [0.2, 0.25) is 0 Å². The topological polar surface area (TPSA) is 81.9 Å². The molecule has 2 aromatic heterocycles. The summed E-state index contributed by atoms with van der Waals surface area (Å²) in [6.07, 6.45) is 1.72. The van der Waals surface area contributed by atoms with Crippen molar-refractivity contribution in [2.45, 2.75) is 31.3 Å². The molecule has 34 heavy (non-hydrogen) atoms. The minimum absolute atomic E-state index is 0.0802. The van der Waals surface area contributed by atoms with Gasteiger partial charge in [-0.05, 0) is 53.4 Å². The molecule has 1 amide bonds. The standard InChI is InChI=1S/C26H27N5O2S/c1-26(2,3)20-9-5-6-10-21(20)28-23(32)17-34-25-30-29-24(22-11-7-8-16-27-22)31(25)18-12-14-19(33-4)15-13-18/h5-16H,17H2,1-4H3,(H,28,32). The van der Waals surface area contributed by atoms with Crippen molar-refractivity contribution < 1.29 is 9.53 Å². The van der Waals surface area contributed by atoms with Crippen molar-refractivity contribution in [3.05, 3.63) is 78.5 Å². The van der Waals surface area contributed by atoms with E-state index in [9.17, 15) is 4.79 Å². The maximum absolute atomic E-state index is 12.9. The zero-order valence-electron chi connectivity index (χ0n) is 19.6. The number of rotatable bonds is 7. The van der Waals surface area contributed by atoms with Crippen molar-refractivity contribution >= 4 is 23.4 Å². The second-order valence-corrected chi connectivity index (χ2v) is 9.63. The Labute approximate surface area is 203 Å². The van der Waals surface area contributed by atoms with Gasteiger partial charge in [-0.15, -0.1) is 10.2 Å². The molecule has 0 aliphatic rings. The molecule has 174 valence electrons. The summed E-state index contributed by atoms with van der Waals surface area (Å²) in [4.78, 5) is 17.3. The SMILES string of the molecule is COc1ccc(-n2c(SCC(=O)Nc3ccccc3C(C)(C)C)nnc2-c2ccccn2)cc1. The Balaban J connectivity index is 1.59. The molecule has 1 N–H and O–H groups in total. The fourth-order valence-electron chi connectivity index (χ4n) is 3.55. The Bertz CT molecular complexity index is 1260. The first-order chi connectivity index (χ1) is 16.4. The van der Waals surface area contributed by atoms with Crippen LogP contribution in [0.3, 0.4) is 0 Å². The van der Waals surface area contributed by atoms with Crippen LogP contribution in [0.25, 0.3) is 17.2 Å². The van der Waals surface area contributed by atoms with Crippen LogP contribution >= 0.6 is 11.8 Å². The number of carbonyl (C=O) groups is 1. The molecule has 4 aromatic rings. The highest BCUT2D eigenvalue weighted by molar-refractivity contribution is 7.99. The molecule has 7 nitrogen and oxygen atoms in total. The molecule has 2 heterocycles. The number of pyridine rings is 1. The number of thioether (sulfide) groups is 1. The minimum atomic E-state index is -0.106. The molecule has 0 bridgehead atoms. The van der Waals surface area contributed by atoms with Crippen LogP contribution < -0.4 is 10.1 Å². The van der Waals surface area contributed by atoms with Crippen molar-refractivity contribution in [3.63, 3.8) is 0 Å². The Kier molecular flexibility index (Phi) is 6.98. The number of para-hydroxylation sites is 1. The number of ether oxygens (including phenoxy) is 1. The Morgan fingerprint density at radius 3 is 2.41 bits per heavy atom. The van der Waals surface area contributed by atoms with Gasteiger partial charge in [-0.25, -0.2) is 0 Å². The number of nitrogens with zero attached hydrogens (tertiary/aromatic N) is 4. The van der Waals surface area contributed by atoms with Crippen LogP contribution in [-0.4, -0.2) is 38.5 Å². The molecule has 0 atom stereocenters. The van der Waals surface area contributed by atoms with Gasteiger partial charge in [0.15, 0.2) is 11.0 Å². The van der Waals surface area contributed by atoms with Crippen LogP contribution in [0.5, 0.6) is 5.75 Å². The molecule has 0 saturated carbocycles. The van der Waals surface area contributed by atoms with E-state index in [1.54, 1.807) is 13.3 Å². The lowest BCUT2D eigenvalue weighted by molar-refractivity contribution is -0.113. The number of hydrogen-bond acceptors (Lipinski definition) is 6. The van der Waals surface area contributed by atoms with E-state index < -0.39 is 0 Å². The quantitative estimate of drug-likeness (QED) is 0.364. The number of carbonyl (C=O) groups excluding carboxylic acids is 1. The van der Waals surface area contributed by atoms with E-state index in [-0.39, 0.29) is 17.1 Å². The first-order valence-corrected chi connectivity index (χ1v) is 11.9. The maximum atomic E-state index is 12.9. The fourth-order valence-corrected chi connectivity index (χ4v) is 4.30. The molecule has 0 aliphatic carbocycles. The number of nitrogens with one attached hydrogen (secondary N) is 1. The predicted molar refractivity (Wildman–Crippen MR) is 136 cm³/mol. The monoisotopic (exact) mass is 473 g/mol. The smallest absolute Gasteiger partial charge is 0.234 e. The third-order valence-electron chi connectivity index (χ3n) is 5.20. The minimum Gasteiger partial charge on any atom is -0.497 e. The summed E-state index contributed by atoms with van der Waals surface area (Å²) in [6.45, 7) is 6.38. The van der Waals surface area contributed by atoms with Gasteiger partial charge in [0, 0.05) is 11.9 Å².